The molecule has 1 aromatic rings. The molecule has 1 heterocycles. The van der Waals surface area contributed by atoms with Gasteiger partial charge in [0.2, 0.25) is 0 Å². The van der Waals surface area contributed by atoms with E-state index in [1.807, 2.05) is 6.07 Å². The molecule has 0 aliphatic heterocycles. The maximum absolute atomic E-state index is 5.42. The van der Waals surface area contributed by atoms with Gasteiger partial charge in [-0.15, -0.1) is 0 Å². The van der Waals surface area contributed by atoms with E-state index >= 15 is 0 Å². The summed E-state index contributed by atoms with van der Waals surface area (Å²) in [5, 5.41) is 3.51. The normalized spacial score (nSPS) is 31.9. The predicted octanol–water partition coefficient (Wildman–Crippen LogP) is 3.63. The van der Waals surface area contributed by atoms with Crippen LogP contribution < -0.4 is 5.32 Å². The number of hydrogen-bond donors (Lipinski definition) is 1. The Morgan fingerprint density at radius 1 is 1.39 bits per heavy atom. The van der Waals surface area contributed by atoms with Crippen LogP contribution in [0.4, 0.5) is 0 Å². The summed E-state index contributed by atoms with van der Waals surface area (Å²) >= 11 is 0. The molecule has 2 heteroatoms. The van der Waals surface area contributed by atoms with Gasteiger partial charge in [-0.1, -0.05) is 6.42 Å². The van der Waals surface area contributed by atoms with E-state index in [4.69, 9.17) is 4.42 Å². The average molecular weight is 247 g/mol. The Morgan fingerprint density at radius 2 is 2.33 bits per heavy atom. The molecular weight excluding hydrogens is 222 g/mol. The molecule has 0 saturated heterocycles. The molecule has 1 aromatic heterocycles. The van der Waals surface area contributed by atoms with Crippen molar-refractivity contribution >= 4 is 0 Å². The highest BCUT2D eigenvalue weighted by Gasteiger charge is 2.39. The summed E-state index contributed by atoms with van der Waals surface area (Å²) in [5.41, 5.74) is 0. The molecule has 0 spiro atoms. The molecule has 0 amide bonds. The molecule has 2 saturated carbocycles. The summed E-state index contributed by atoms with van der Waals surface area (Å²) in [6.45, 7) is 0. The summed E-state index contributed by atoms with van der Waals surface area (Å²) in [6.07, 6.45) is 11.5. The molecule has 3 rings (SSSR count). The van der Waals surface area contributed by atoms with Crippen LogP contribution in [0.5, 0.6) is 0 Å². The fourth-order valence-corrected chi connectivity index (χ4v) is 4.18. The van der Waals surface area contributed by atoms with E-state index in [0.29, 0.717) is 6.04 Å². The Morgan fingerprint density at radius 3 is 2.94 bits per heavy atom. The van der Waals surface area contributed by atoms with Gasteiger partial charge < -0.3 is 9.73 Å². The Bertz CT molecular complexity index is 359. The highest BCUT2D eigenvalue weighted by atomic mass is 16.3. The van der Waals surface area contributed by atoms with Gasteiger partial charge in [-0.25, -0.2) is 0 Å². The Kier molecular flexibility index (Phi) is 3.74. The fraction of sp³-hybridized carbons (Fsp3) is 0.750. The second kappa shape index (κ2) is 5.48. The molecule has 4 atom stereocenters. The van der Waals surface area contributed by atoms with Crippen molar-refractivity contribution < 1.29 is 4.42 Å². The molecule has 2 nitrogen and oxygen atoms in total. The van der Waals surface area contributed by atoms with Crippen LogP contribution in [0.15, 0.2) is 22.8 Å². The van der Waals surface area contributed by atoms with Crippen LogP contribution in [0, 0.1) is 17.8 Å². The first kappa shape index (κ1) is 12.3. The lowest BCUT2D eigenvalue weighted by atomic mass is 9.83. The first-order chi connectivity index (χ1) is 8.85. The summed E-state index contributed by atoms with van der Waals surface area (Å²) in [6, 6.07) is 4.74. The van der Waals surface area contributed by atoms with Gasteiger partial charge in [0.05, 0.1) is 6.26 Å². The maximum Gasteiger partial charge on any atom is 0.103 e. The van der Waals surface area contributed by atoms with Crippen molar-refractivity contribution in [2.45, 2.75) is 51.0 Å². The highest BCUT2D eigenvalue weighted by Crippen LogP contribution is 2.50. The van der Waals surface area contributed by atoms with Gasteiger partial charge >= 0.3 is 0 Å². The topological polar surface area (TPSA) is 25.2 Å². The second-order valence-electron chi connectivity index (χ2n) is 6.27. The molecular formula is C16H25NO. The van der Waals surface area contributed by atoms with Crippen LogP contribution in [0.25, 0.3) is 0 Å². The minimum Gasteiger partial charge on any atom is -0.469 e. The molecule has 4 unspecified atom stereocenters. The van der Waals surface area contributed by atoms with Crippen molar-refractivity contribution in [1.82, 2.24) is 5.32 Å². The van der Waals surface area contributed by atoms with Crippen LogP contribution in [-0.4, -0.2) is 13.1 Å². The van der Waals surface area contributed by atoms with E-state index in [9.17, 15) is 0 Å². The molecule has 0 radical (unpaired) electrons. The zero-order valence-corrected chi connectivity index (χ0v) is 11.4. The number of furan rings is 1. The molecule has 100 valence electrons. The van der Waals surface area contributed by atoms with E-state index in [1.54, 1.807) is 6.26 Å². The second-order valence-corrected chi connectivity index (χ2v) is 6.27. The quantitative estimate of drug-likeness (QED) is 0.830. The van der Waals surface area contributed by atoms with Crippen LogP contribution in [0.3, 0.4) is 0 Å². The largest absolute Gasteiger partial charge is 0.469 e. The Hall–Kier alpha value is -0.760. The highest BCUT2D eigenvalue weighted by molar-refractivity contribution is 4.99. The summed E-state index contributed by atoms with van der Waals surface area (Å²) in [5.74, 6) is 4.25. The number of aryl methyl sites for hydroxylation is 1. The zero-order valence-electron chi connectivity index (χ0n) is 11.4. The smallest absolute Gasteiger partial charge is 0.103 e. The van der Waals surface area contributed by atoms with Gasteiger partial charge in [-0.05, 0) is 69.0 Å². The summed E-state index contributed by atoms with van der Waals surface area (Å²) in [7, 11) is 2.11. The third-order valence-corrected chi connectivity index (χ3v) is 5.20. The van der Waals surface area contributed by atoms with Crippen LogP contribution >= 0.6 is 0 Å². The first-order valence-corrected chi connectivity index (χ1v) is 7.54. The van der Waals surface area contributed by atoms with Gasteiger partial charge in [0.25, 0.3) is 0 Å². The van der Waals surface area contributed by atoms with Gasteiger partial charge in [0.15, 0.2) is 0 Å². The Labute approximate surface area is 110 Å². The third kappa shape index (κ3) is 2.64. The Balaban J connectivity index is 1.47. The molecule has 2 aliphatic carbocycles. The molecule has 0 aromatic carbocycles. The molecule has 1 N–H and O–H groups in total. The monoisotopic (exact) mass is 247 g/mol. The lowest BCUT2D eigenvalue weighted by Gasteiger charge is -2.26. The van der Waals surface area contributed by atoms with E-state index < -0.39 is 0 Å². The molecule has 2 aliphatic rings. The number of hydrogen-bond acceptors (Lipinski definition) is 2. The van der Waals surface area contributed by atoms with Crippen LogP contribution in [0.2, 0.25) is 0 Å². The lowest BCUT2D eigenvalue weighted by Crippen LogP contribution is -2.30. The summed E-state index contributed by atoms with van der Waals surface area (Å²) in [4.78, 5) is 0. The number of fused-ring (bicyclic) bond motifs is 2. The minimum absolute atomic E-state index is 0.666. The molecule has 2 bridgehead atoms. The van der Waals surface area contributed by atoms with Crippen molar-refractivity contribution in [3.63, 3.8) is 0 Å². The van der Waals surface area contributed by atoms with Crippen molar-refractivity contribution in [2.24, 2.45) is 17.8 Å². The van der Waals surface area contributed by atoms with Crippen LogP contribution in [0.1, 0.15) is 44.3 Å². The lowest BCUT2D eigenvalue weighted by molar-refractivity contribution is 0.275. The van der Waals surface area contributed by atoms with E-state index in [2.05, 4.69) is 18.4 Å². The maximum atomic E-state index is 5.42. The fourth-order valence-electron chi connectivity index (χ4n) is 4.18. The third-order valence-electron chi connectivity index (χ3n) is 5.20. The minimum atomic E-state index is 0.666. The van der Waals surface area contributed by atoms with Crippen LogP contribution in [-0.2, 0) is 6.42 Å². The van der Waals surface area contributed by atoms with Gasteiger partial charge in [-0.2, -0.15) is 0 Å². The number of rotatable bonds is 6. The standard InChI is InChI=1S/C16H25NO/c1-17-15(6-7-16-3-2-8-18-16)11-14-10-12-4-5-13(14)9-12/h2-3,8,12-15,17H,4-7,9-11H2,1H3. The van der Waals surface area contributed by atoms with Crippen molar-refractivity contribution in [1.29, 1.82) is 0 Å². The van der Waals surface area contributed by atoms with Crippen molar-refractivity contribution in [3.8, 4) is 0 Å². The SMILES string of the molecule is CNC(CCc1ccco1)CC1CC2CCC1C2. The predicted molar refractivity (Wildman–Crippen MR) is 73.4 cm³/mol. The molecule has 18 heavy (non-hydrogen) atoms. The number of nitrogens with one attached hydrogen (secondary N) is 1. The van der Waals surface area contributed by atoms with Crippen molar-refractivity contribution in [3.05, 3.63) is 24.2 Å². The molecule has 2 fully saturated rings. The zero-order chi connectivity index (χ0) is 12.4. The van der Waals surface area contributed by atoms with Gasteiger partial charge in [0.1, 0.15) is 5.76 Å². The van der Waals surface area contributed by atoms with E-state index in [1.165, 1.54) is 38.5 Å². The van der Waals surface area contributed by atoms with Gasteiger partial charge in [-0.3, -0.25) is 0 Å². The van der Waals surface area contributed by atoms with E-state index in [0.717, 1.165) is 29.9 Å². The van der Waals surface area contributed by atoms with Crippen molar-refractivity contribution in [2.75, 3.05) is 7.05 Å². The van der Waals surface area contributed by atoms with Gasteiger partial charge in [0, 0.05) is 12.5 Å². The first-order valence-electron chi connectivity index (χ1n) is 7.54. The van der Waals surface area contributed by atoms with E-state index in [-0.39, 0.29) is 0 Å². The average Bonchev–Trinajstić information content (AvgIpc) is 3.10. The summed E-state index contributed by atoms with van der Waals surface area (Å²) < 4.78 is 5.42.